The summed E-state index contributed by atoms with van der Waals surface area (Å²) in [6.45, 7) is -0.356. The van der Waals surface area contributed by atoms with Gasteiger partial charge in [-0.3, -0.25) is 4.79 Å². The van der Waals surface area contributed by atoms with Gasteiger partial charge in [-0.15, -0.1) is 0 Å². The van der Waals surface area contributed by atoms with Crippen molar-refractivity contribution in [3.05, 3.63) is 59.7 Å². The summed E-state index contributed by atoms with van der Waals surface area (Å²) < 4.78 is 20.4. The highest BCUT2D eigenvalue weighted by atomic mass is 16.5. The second-order valence-electron chi connectivity index (χ2n) is 5.20. The van der Waals surface area contributed by atoms with Crippen molar-refractivity contribution in [2.75, 3.05) is 27.9 Å². The molecule has 0 unspecified atom stereocenters. The van der Waals surface area contributed by atoms with Crippen LogP contribution >= 0.6 is 0 Å². The molecule has 0 radical (unpaired) electrons. The predicted octanol–water partition coefficient (Wildman–Crippen LogP) is 3.15. The summed E-state index contributed by atoms with van der Waals surface area (Å²) in [5, 5.41) is 0. The Bertz CT molecular complexity index is 810. The Labute approximate surface area is 151 Å². The van der Waals surface area contributed by atoms with Crippen LogP contribution in [0.3, 0.4) is 0 Å². The van der Waals surface area contributed by atoms with Gasteiger partial charge in [0.1, 0.15) is 17.2 Å². The highest BCUT2D eigenvalue weighted by Crippen LogP contribution is 2.25. The molecule has 0 saturated carbocycles. The zero-order valence-corrected chi connectivity index (χ0v) is 14.9. The minimum atomic E-state index is -0.633. The molecule has 0 fully saturated rings. The lowest BCUT2D eigenvalue weighted by atomic mass is 10.1. The van der Waals surface area contributed by atoms with Gasteiger partial charge in [0.05, 0.1) is 21.3 Å². The van der Waals surface area contributed by atoms with Gasteiger partial charge in [-0.05, 0) is 36.4 Å². The molecular formula is C20H20O6. The molecule has 6 nitrogen and oxygen atoms in total. The normalized spacial score (nSPS) is 10.4. The van der Waals surface area contributed by atoms with Gasteiger partial charge in [-0.1, -0.05) is 12.1 Å². The molecule has 6 heteroatoms. The Morgan fingerprint density at radius 2 is 1.65 bits per heavy atom. The maximum Gasteiger partial charge on any atom is 0.331 e. The standard InChI is InChI=1S/C20H20O6/c1-23-16-6-4-5-14(11-16)18(21)13-26-20(22)10-7-15-12-17(24-2)8-9-19(15)25-3/h4-12H,13H2,1-3H3/b10-7+. The summed E-state index contributed by atoms with van der Waals surface area (Å²) in [5.74, 6) is 0.831. The van der Waals surface area contributed by atoms with E-state index in [0.29, 0.717) is 28.4 Å². The summed E-state index contributed by atoms with van der Waals surface area (Å²) in [4.78, 5) is 24.0. The maximum absolute atomic E-state index is 12.1. The monoisotopic (exact) mass is 356 g/mol. The van der Waals surface area contributed by atoms with E-state index in [1.807, 2.05) is 0 Å². The fourth-order valence-electron chi connectivity index (χ4n) is 2.19. The molecule has 0 aliphatic carbocycles. The van der Waals surface area contributed by atoms with E-state index in [0.717, 1.165) is 0 Å². The van der Waals surface area contributed by atoms with Crippen molar-refractivity contribution in [3.63, 3.8) is 0 Å². The minimum Gasteiger partial charge on any atom is -0.497 e. The molecule has 2 aromatic rings. The highest BCUT2D eigenvalue weighted by molar-refractivity contribution is 5.99. The van der Waals surface area contributed by atoms with Crippen LogP contribution in [0.1, 0.15) is 15.9 Å². The summed E-state index contributed by atoms with van der Waals surface area (Å²) in [6.07, 6.45) is 2.77. The quantitative estimate of drug-likeness (QED) is 0.411. The lowest BCUT2D eigenvalue weighted by molar-refractivity contribution is -0.136. The van der Waals surface area contributed by atoms with Crippen LogP contribution in [-0.2, 0) is 9.53 Å². The molecule has 0 N–H and O–H groups in total. The third kappa shape index (κ3) is 5.11. The average Bonchev–Trinajstić information content (AvgIpc) is 2.70. The average molecular weight is 356 g/mol. The number of ether oxygens (including phenoxy) is 4. The van der Waals surface area contributed by atoms with Gasteiger partial charge in [0.25, 0.3) is 0 Å². The molecule has 2 aromatic carbocycles. The van der Waals surface area contributed by atoms with Crippen molar-refractivity contribution in [2.45, 2.75) is 0 Å². The molecule has 0 atom stereocenters. The largest absolute Gasteiger partial charge is 0.497 e. The number of carbonyl (C=O) groups excluding carboxylic acids is 2. The number of methoxy groups -OCH3 is 3. The molecule has 0 aromatic heterocycles. The fraction of sp³-hybridized carbons (Fsp3) is 0.200. The third-order valence-corrected chi connectivity index (χ3v) is 3.57. The number of esters is 1. The van der Waals surface area contributed by atoms with Gasteiger partial charge in [0.2, 0.25) is 0 Å². The molecule has 0 aliphatic rings. The molecule has 0 bridgehead atoms. The summed E-state index contributed by atoms with van der Waals surface area (Å²) in [7, 11) is 4.60. The van der Waals surface area contributed by atoms with Gasteiger partial charge >= 0.3 is 5.97 Å². The highest BCUT2D eigenvalue weighted by Gasteiger charge is 2.10. The van der Waals surface area contributed by atoms with Gasteiger partial charge in [-0.2, -0.15) is 0 Å². The van der Waals surface area contributed by atoms with Crippen LogP contribution in [0.15, 0.2) is 48.5 Å². The molecule has 2 rings (SSSR count). The van der Waals surface area contributed by atoms with Crippen LogP contribution in [0.5, 0.6) is 17.2 Å². The van der Waals surface area contributed by atoms with Crippen molar-refractivity contribution in [2.24, 2.45) is 0 Å². The first-order valence-corrected chi connectivity index (χ1v) is 7.81. The van der Waals surface area contributed by atoms with Crippen molar-refractivity contribution in [1.82, 2.24) is 0 Å². The minimum absolute atomic E-state index is 0.315. The first-order chi connectivity index (χ1) is 12.6. The van der Waals surface area contributed by atoms with Crippen LogP contribution in [0.25, 0.3) is 6.08 Å². The second-order valence-corrected chi connectivity index (χ2v) is 5.20. The third-order valence-electron chi connectivity index (χ3n) is 3.57. The Balaban J connectivity index is 1.98. The number of hydrogen-bond acceptors (Lipinski definition) is 6. The lowest BCUT2D eigenvalue weighted by Crippen LogP contribution is -2.12. The van der Waals surface area contributed by atoms with Gasteiger partial charge < -0.3 is 18.9 Å². The zero-order valence-electron chi connectivity index (χ0n) is 14.9. The number of Topliss-reactive ketones (excluding diaryl/α,β-unsaturated/α-hetero) is 1. The van der Waals surface area contributed by atoms with Crippen LogP contribution in [0.2, 0.25) is 0 Å². The number of carbonyl (C=O) groups is 2. The van der Waals surface area contributed by atoms with E-state index in [1.54, 1.807) is 55.7 Å². The Kier molecular flexibility index (Phi) is 6.79. The van der Waals surface area contributed by atoms with E-state index < -0.39 is 5.97 Å². The van der Waals surface area contributed by atoms with Crippen molar-refractivity contribution < 1.29 is 28.5 Å². The first kappa shape index (κ1) is 19.1. The first-order valence-electron chi connectivity index (χ1n) is 7.81. The van der Waals surface area contributed by atoms with Crippen LogP contribution in [0.4, 0.5) is 0 Å². The van der Waals surface area contributed by atoms with Crippen molar-refractivity contribution in [3.8, 4) is 17.2 Å². The smallest absolute Gasteiger partial charge is 0.331 e. The zero-order chi connectivity index (χ0) is 18.9. The van der Waals surface area contributed by atoms with Crippen molar-refractivity contribution >= 4 is 17.8 Å². The maximum atomic E-state index is 12.1. The number of rotatable bonds is 8. The van der Waals surface area contributed by atoms with Crippen LogP contribution in [0, 0.1) is 0 Å². The fourth-order valence-corrected chi connectivity index (χ4v) is 2.19. The Morgan fingerprint density at radius 3 is 2.35 bits per heavy atom. The summed E-state index contributed by atoms with van der Waals surface area (Å²) >= 11 is 0. The van der Waals surface area contributed by atoms with Gasteiger partial charge in [-0.25, -0.2) is 4.79 Å². The molecule has 0 aliphatic heterocycles. The molecule has 0 spiro atoms. The van der Waals surface area contributed by atoms with Gasteiger partial charge in [0.15, 0.2) is 12.4 Å². The number of benzene rings is 2. The SMILES string of the molecule is COc1cccc(C(=O)COC(=O)/C=C/c2cc(OC)ccc2OC)c1. The molecular weight excluding hydrogens is 336 g/mol. The van der Waals surface area contributed by atoms with E-state index in [9.17, 15) is 9.59 Å². The lowest BCUT2D eigenvalue weighted by Gasteiger charge is -2.07. The summed E-state index contributed by atoms with van der Waals surface area (Å²) in [6, 6.07) is 11.9. The summed E-state index contributed by atoms with van der Waals surface area (Å²) in [5.41, 5.74) is 1.07. The molecule has 0 amide bonds. The predicted molar refractivity (Wildman–Crippen MR) is 96.9 cm³/mol. The second kappa shape index (κ2) is 9.27. The van der Waals surface area contributed by atoms with E-state index in [2.05, 4.69) is 0 Å². The molecule has 0 saturated heterocycles. The van der Waals surface area contributed by atoms with E-state index in [1.165, 1.54) is 20.3 Å². The van der Waals surface area contributed by atoms with E-state index in [4.69, 9.17) is 18.9 Å². The number of hydrogen-bond donors (Lipinski definition) is 0. The Hall–Kier alpha value is -3.28. The number of ketones is 1. The van der Waals surface area contributed by atoms with Gasteiger partial charge in [0, 0.05) is 17.2 Å². The Morgan fingerprint density at radius 1 is 0.923 bits per heavy atom. The van der Waals surface area contributed by atoms with Crippen LogP contribution in [-0.4, -0.2) is 39.7 Å². The van der Waals surface area contributed by atoms with Crippen molar-refractivity contribution in [1.29, 1.82) is 0 Å². The molecule has 136 valence electrons. The topological polar surface area (TPSA) is 71.1 Å². The van der Waals surface area contributed by atoms with E-state index in [-0.39, 0.29) is 12.4 Å². The van der Waals surface area contributed by atoms with E-state index >= 15 is 0 Å². The van der Waals surface area contributed by atoms with Crippen LogP contribution < -0.4 is 14.2 Å². The molecule has 0 heterocycles. The molecule has 26 heavy (non-hydrogen) atoms.